The van der Waals surface area contributed by atoms with Crippen molar-refractivity contribution in [2.45, 2.75) is 25.7 Å². The van der Waals surface area contributed by atoms with E-state index in [9.17, 15) is 0 Å². The lowest BCUT2D eigenvalue weighted by molar-refractivity contribution is 0.492. The summed E-state index contributed by atoms with van der Waals surface area (Å²) in [6.45, 7) is 5.53. The van der Waals surface area contributed by atoms with Gasteiger partial charge in [-0.2, -0.15) is 10.5 Å². The molecule has 0 aliphatic carbocycles. The second-order valence-corrected chi connectivity index (χ2v) is 3.64. The minimum atomic E-state index is 0.395. The third-order valence-electron chi connectivity index (χ3n) is 2.18. The maximum atomic E-state index is 8.10. The zero-order valence-corrected chi connectivity index (χ0v) is 10.4. The predicted octanol–water partition coefficient (Wildman–Crippen LogP) is 0.629. The molecule has 17 heavy (non-hydrogen) atoms. The lowest BCUT2D eigenvalue weighted by Gasteiger charge is -2.09. The molecule has 0 saturated carbocycles. The third kappa shape index (κ3) is 14.6. The average Bonchev–Trinajstić information content (AvgIpc) is 2.38. The van der Waals surface area contributed by atoms with Gasteiger partial charge >= 0.3 is 0 Å². The Morgan fingerprint density at radius 1 is 1.18 bits per heavy atom. The Kier molecular flexibility index (Phi) is 15.4. The minimum Gasteiger partial charge on any atom is -0.330 e. The van der Waals surface area contributed by atoms with Crippen LogP contribution >= 0.6 is 0 Å². The summed E-state index contributed by atoms with van der Waals surface area (Å²) in [5.74, 6) is 0.480. The second kappa shape index (κ2) is 14.6. The highest BCUT2D eigenvalue weighted by Gasteiger charge is 2.01. The Morgan fingerprint density at radius 3 is 2.12 bits per heavy atom. The van der Waals surface area contributed by atoms with Crippen molar-refractivity contribution in [3.8, 4) is 12.1 Å². The molecule has 0 aliphatic rings. The summed E-state index contributed by atoms with van der Waals surface area (Å²) in [6, 6.07) is 3.78. The molecule has 0 bridgehead atoms. The Morgan fingerprint density at radius 2 is 1.76 bits per heavy atom. The Bertz CT molecular complexity index is 257. The van der Waals surface area contributed by atoms with E-state index in [1.54, 1.807) is 0 Å². The molecule has 0 unspecified atom stereocenters. The molecule has 0 saturated heterocycles. The predicted molar refractivity (Wildman–Crippen MR) is 69.5 cm³/mol. The van der Waals surface area contributed by atoms with Crippen molar-refractivity contribution in [1.82, 2.24) is 0 Å². The Balaban J connectivity index is 0. The van der Waals surface area contributed by atoms with E-state index in [1.165, 1.54) is 0 Å². The monoisotopic (exact) mass is 237 g/mol. The van der Waals surface area contributed by atoms with E-state index in [0.717, 1.165) is 19.4 Å². The quantitative estimate of drug-likeness (QED) is 0.560. The normalized spacial score (nSPS) is 8.82. The van der Waals surface area contributed by atoms with Crippen molar-refractivity contribution in [3.05, 3.63) is 12.2 Å². The summed E-state index contributed by atoms with van der Waals surface area (Å²) in [5.41, 5.74) is 16.6. The van der Waals surface area contributed by atoms with Crippen molar-refractivity contribution >= 4 is 0 Å². The molecule has 0 heterocycles. The van der Waals surface area contributed by atoms with E-state index >= 15 is 0 Å². The first-order valence-corrected chi connectivity index (χ1v) is 5.71. The third-order valence-corrected chi connectivity index (χ3v) is 2.18. The molecule has 0 aromatic carbocycles. The maximum Gasteiger partial charge on any atom is 0.0941 e. The van der Waals surface area contributed by atoms with E-state index in [1.807, 2.05) is 12.1 Å². The standard InChI is InChI=1S/C6H17N3.C6H6N2/c7-3-1-2-6(4-8)5-9;1-6(5-8)3-2-4-7/h6H,1-5,7-9H2;1-3H2. The van der Waals surface area contributed by atoms with Crippen LogP contribution in [0.1, 0.15) is 25.7 Å². The Hall–Kier alpha value is -1.40. The molecule has 0 aliphatic heterocycles. The minimum absolute atomic E-state index is 0.395. The van der Waals surface area contributed by atoms with E-state index in [-0.39, 0.29) is 0 Å². The van der Waals surface area contributed by atoms with Gasteiger partial charge in [-0.3, -0.25) is 0 Å². The molecule has 0 amide bonds. The first-order valence-electron chi connectivity index (χ1n) is 5.71. The summed E-state index contributed by atoms with van der Waals surface area (Å²) >= 11 is 0. The molecule has 5 heteroatoms. The van der Waals surface area contributed by atoms with Gasteiger partial charge in [-0.25, -0.2) is 0 Å². The van der Waals surface area contributed by atoms with Crippen molar-refractivity contribution in [3.63, 3.8) is 0 Å². The summed E-state index contributed by atoms with van der Waals surface area (Å²) in [6.07, 6.45) is 3.02. The van der Waals surface area contributed by atoms with Gasteiger partial charge in [-0.15, -0.1) is 0 Å². The summed E-state index contributed by atoms with van der Waals surface area (Å²) in [4.78, 5) is 0. The highest BCUT2D eigenvalue weighted by Crippen LogP contribution is 2.00. The second-order valence-electron chi connectivity index (χ2n) is 3.64. The van der Waals surface area contributed by atoms with Crippen LogP contribution in [0.15, 0.2) is 12.2 Å². The molecule has 96 valence electrons. The lowest BCUT2D eigenvalue weighted by atomic mass is 10.0. The fourth-order valence-corrected chi connectivity index (χ4v) is 1.00. The summed E-state index contributed by atoms with van der Waals surface area (Å²) < 4.78 is 0. The average molecular weight is 237 g/mol. The largest absolute Gasteiger partial charge is 0.330 e. The molecular formula is C12H23N5. The maximum absolute atomic E-state index is 8.10. The van der Waals surface area contributed by atoms with Gasteiger partial charge in [-0.05, 0) is 44.8 Å². The summed E-state index contributed by atoms with van der Waals surface area (Å²) in [7, 11) is 0. The number of hydrogen-bond donors (Lipinski definition) is 3. The number of nitrogens with zero attached hydrogens (tertiary/aromatic N) is 2. The highest BCUT2D eigenvalue weighted by atomic mass is 14.6. The SMILES string of the molecule is C=C(C#N)CCC#N.NCCCC(CN)CN. The van der Waals surface area contributed by atoms with Crippen LogP contribution in [0, 0.1) is 28.6 Å². The van der Waals surface area contributed by atoms with Crippen molar-refractivity contribution < 1.29 is 0 Å². The molecule has 0 aromatic rings. The fourth-order valence-electron chi connectivity index (χ4n) is 1.00. The van der Waals surface area contributed by atoms with E-state index in [0.29, 0.717) is 37.4 Å². The van der Waals surface area contributed by atoms with Gasteiger partial charge in [-0.1, -0.05) is 6.58 Å². The molecule has 0 spiro atoms. The highest BCUT2D eigenvalue weighted by molar-refractivity contribution is 5.16. The van der Waals surface area contributed by atoms with E-state index in [4.69, 9.17) is 27.7 Å². The van der Waals surface area contributed by atoms with Gasteiger partial charge in [0.1, 0.15) is 0 Å². The van der Waals surface area contributed by atoms with Crippen molar-refractivity contribution in [2.75, 3.05) is 19.6 Å². The first-order chi connectivity index (χ1) is 8.15. The van der Waals surface area contributed by atoms with Crippen LogP contribution in [0.2, 0.25) is 0 Å². The van der Waals surface area contributed by atoms with Crippen molar-refractivity contribution in [1.29, 1.82) is 10.5 Å². The van der Waals surface area contributed by atoms with Gasteiger partial charge in [0.25, 0.3) is 0 Å². The molecule has 5 nitrogen and oxygen atoms in total. The summed E-state index contributed by atoms with van der Waals surface area (Å²) in [5, 5.41) is 16.1. The van der Waals surface area contributed by atoms with Crippen LogP contribution in [0.5, 0.6) is 0 Å². The Labute approximate surface area is 104 Å². The molecule has 0 fully saturated rings. The van der Waals surface area contributed by atoms with Gasteiger partial charge < -0.3 is 17.2 Å². The van der Waals surface area contributed by atoms with Gasteiger partial charge in [0.05, 0.1) is 12.1 Å². The van der Waals surface area contributed by atoms with Crippen LogP contribution in [-0.4, -0.2) is 19.6 Å². The molecule has 0 radical (unpaired) electrons. The molecule has 0 rings (SSSR count). The number of nitriles is 2. The number of rotatable bonds is 7. The topological polar surface area (TPSA) is 126 Å². The van der Waals surface area contributed by atoms with E-state index < -0.39 is 0 Å². The van der Waals surface area contributed by atoms with Gasteiger partial charge in [0.15, 0.2) is 0 Å². The number of nitrogens with two attached hydrogens (primary N) is 3. The molecular weight excluding hydrogens is 214 g/mol. The molecule has 0 aromatic heterocycles. The fraction of sp³-hybridized carbons (Fsp3) is 0.667. The van der Waals surface area contributed by atoms with Crippen LogP contribution in [0.3, 0.4) is 0 Å². The smallest absolute Gasteiger partial charge is 0.0941 e. The van der Waals surface area contributed by atoms with Crippen LogP contribution in [0.25, 0.3) is 0 Å². The van der Waals surface area contributed by atoms with Crippen molar-refractivity contribution in [2.24, 2.45) is 23.1 Å². The van der Waals surface area contributed by atoms with Crippen LogP contribution < -0.4 is 17.2 Å². The first kappa shape index (κ1) is 18.0. The zero-order valence-electron chi connectivity index (χ0n) is 10.4. The lowest BCUT2D eigenvalue weighted by Crippen LogP contribution is -2.23. The molecule has 0 atom stereocenters. The van der Waals surface area contributed by atoms with Crippen LogP contribution in [0.4, 0.5) is 0 Å². The zero-order chi connectivity index (χ0) is 13.5. The van der Waals surface area contributed by atoms with E-state index in [2.05, 4.69) is 6.58 Å². The van der Waals surface area contributed by atoms with Crippen LogP contribution in [-0.2, 0) is 0 Å². The number of hydrogen-bond acceptors (Lipinski definition) is 5. The molecule has 6 N–H and O–H groups in total. The van der Waals surface area contributed by atoms with Gasteiger partial charge in [0.2, 0.25) is 0 Å². The van der Waals surface area contributed by atoms with Gasteiger partial charge in [0, 0.05) is 12.0 Å². The number of allylic oxidation sites excluding steroid dienone is 1.